The molecule has 0 fully saturated rings. The second-order valence-electron chi connectivity index (χ2n) is 4.64. The highest BCUT2D eigenvalue weighted by molar-refractivity contribution is 8.15. The number of para-hydroxylation sites is 1. The molecule has 2 aliphatic heterocycles. The molecule has 0 aliphatic carbocycles. The second-order valence-corrected chi connectivity index (χ2v) is 5.65. The fraction of sp³-hybridized carbons (Fsp3) is 0. The van der Waals surface area contributed by atoms with Crippen molar-refractivity contribution in [2.24, 2.45) is 0 Å². The van der Waals surface area contributed by atoms with Crippen LogP contribution in [-0.2, 0) is 4.79 Å². The van der Waals surface area contributed by atoms with E-state index in [2.05, 4.69) is 5.32 Å². The van der Waals surface area contributed by atoms with Gasteiger partial charge in [0.1, 0.15) is 0 Å². The third kappa shape index (κ3) is 1.48. The fourth-order valence-electron chi connectivity index (χ4n) is 2.55. The number of fused-ring (bicyclic) bond motifs is 2. The Hall–Kier alpha value is -2.33. The molecule has 0 unspecified atom stereocenters. The topological polar surface area (TPSA) is 46.2 Å². The lowest BCUT2D eigenvalue weighted by atomic mass is 10.0. The minimum absolute atomic E-state index is 0.0742. The van der Waals surface area contributed by atoms with Crippen molar-refractivity contribution >= 4 is 33.9 Å². The first-order valence-corrected chi connectivity index (χ1v) is 7.04. The first kappa shape index (κ1) is 11.5. The number of carbonyl (C=O) groups excluding carboxylic acids is 2. The molecule has 0 saturated carbocycles. The minimum atomic E-state index is -0.110. The predicted molar refractivity (Wildman–Crippen MR) is 78.6 cm³/mol. The maximum absolute atomic E-state index is 12.5. The Balaban J connectivity index is 1.94. The molecular formula is C16H9NO2S. The number of allylic oxidation sites excluding steroid dienone is 1. The van der Waals surface area contributed by atoms with E-state index in [9.17, 15) is 9.59 Å². The zero-order valence-electron chi connectivity index (χ0n) is 10.3. The number of carbonyl (C=O) groups is 2. The van der Waals surface area contributed by atoms with Crippen molar-refractivity contribution in [3.63, 3.8) is 0 Å². The number of Topliss-reactive ketones (excluding diaryl/α,β-unsaturated/α-hetero) is 1. The summed E-state index contributed by atoms with van der Waals surface area (Å²) in [5.41, 5.74) is 3.12. The number of hydrogen-bond donors (Lipinski definition) is 1. The van der Waals surface area contributed by atoms with Crippen LogP contribution in [0.4, 0.5) is 5.69 Å². The highest BCUT2D eigenvalue weighted by Crippen LogP contribution is 2.44. The molecule has 2 aliphatic rings. The molecule has 2 aromatic carbocycles. The molecule has 2 heterocycles. The average molecular weight is 279 g/mol. The number of anilines is 1. The molecule has 96 valence electrons. The molecule has 20 heavy (non-hydrogen) atoms. The van der Waals surface area contributed by atoms with Crippen LogP contribution in [0.25, 0.3) is 5.57 Å². The normalized spacial score (nSPS) is 19.8. The van der Waals surface area contributed by atoms with Crippen molar-refractivity contribution in [2.75, 3.05) is 5.32 Å². The first-order valence-electron chi connectivity index (χ1n) is 6.22. The molecular weight excluding hydrogens is 270 g/mol. The van der Waals surface area contributed by atoms with Crippen molar-refractivity contribution in [1.29, 1.82) is 0 Å². The Bertz CT molecular complexity index is 808. The van der Waals surface area contributed by atoms with E-state index in [0.717, 1.165) is 16.1 Å². The van der Waals surface area contributed by atoms with Crippen LogP contribution in [0.15, 0.2) is 59.1 Å². The van der Waals surface area contributed by atoms with Crippen molar-refractivity contribution in [1.82, 2.24) is 0 Å². The summed E-state index contributed by atoms with van der Waals surface area (Å²) in [6.07, 6.45) is 0. The lowest BCUT2D eigenvalue weighted by molar-refractivity contribution is -0.106. The summed E-state index contributed by atoms with van der Waals surface area (Å²) in [4.78, 5) is 25.6. The molecule has 0 amide bonds. The van der Waals surface area contributed by atoms with Crippen molar-refractivity contribution in [3.05, 3.63) is 65.4 Å². The van der Waals surface area contributed by atoms with Crippen molar-refractivity contribution in [2.45, 2.75) is 4.90 Å². The van der Waals surface area contributed by atoms with Crippen LogP contribution < -0.4 is 5.32 Å². The van der Waals surface area contributed by atoms with Crippen LogP contribution in [0.5, 0.6) is 0 Å². The van der Waals surface area contributed by atoms with E-state index in [-0.39, 0.29) is 10.9 Å². The quantitative estimate of drug-likeness (QED) is 0.751. The lowest BCUT2D eigenvalue weighted by Gasteiger charge is -2.03. The number of benzene rings is 2. The van der Waals surface area contributed by atoms with Gasteiger partial charge in [0.15, 0.2) is 0 Å². The number of ketones is 1. The second kappa shape index (κ2) is 4.08. The van der Waals surface area contributed by atoms with Gasteiger partial charge in [0.05, 0.1) is 11.3 Å². The number of hydrogen-bond acceptors (Lipinski definition) is 4. The van der Waals surface area contributed by atoms with Gasteiger partial charge >= 0.3 is 0 Å². The zero-order valence-corrected chi connectivity index (χ0v) is 11.2. The molecule has 4 rings (SSSR count). The summed E-state index contributed by atoms with van der Waals surface area (Å²) in [5.74, 6) is -0.110. The van der Waals surface area contributed by atoms with E-state index in [1.807, 2.05) is 42.5 Å². The number of nitrogens with one attached hydrogen (secondary N) is 1. The van der Waals surface area contributed by atoms with Gasteiger partial charge in [0.2, 0.25) is 10.9 Å². The third-order valence-corrected chi connectivity index (χ3v) is 4.44. The van der Waals surface area contributed by atoms with Gasteiger partial charge in [-0.15, -0.1) is 0 Å². The van der Waals surface area contributed by atoms with Crippen molar-refractivity contribution in [3.8, 4) is 0 Å². The first-order chi connectivity index (χ1) is 9.75. The van der Waals surface area contributed by atoms with Gasteiger partial charge < -0.3 is 5.32 Å². The van der Waals surface area contributed by atoms with Gasteiger partial charge in [-0.3, -0.25) is 9.59 Å². The molecule has 4 heteroatoms. The van der Waals surface area contributed by atoms with E-state index in [4.69, 9.17) is 0 Å². The highest BCUT2D eigenvalue weighted by atomic mass is 32.2. The molecule has 0 spiro atoms. The Labute approximate surface area is 119 Å². The summed E-state index contributed by atoms with van der Waals surface area (Å²) in [6.45, 7) is 0. The summed E-state index contributed by atoms with van der Waals surface area (Å²) < 4.78 is 0. The van der Waals surface area contributed by atoms with Gasteiger partial charge in [-0.1, -0.05) is 30.3 Å². The van der Waals surface area contributed by atoms with E-state index in [1.54, 1.807) is 6.07 Å². The summed E-state index contributed by atoms with van der Waals surface area (Å²) in [5, 5.41) is 3.02. The largest absolute Gasteiger partial charge is 0.351 e. The molecule has 0 atom stereocenters. The SMILES string of the molecule is O=C1Sc2ccccc2/C1=C1/Nc2ccccc2C1=O. The molecule has 0 bridgehead atoms. The summed E-state index contributed by atoms with van der Waals surface area (Å²) in [6, 6.07) is 14.9. The van der Waals surface area contributed by atoms with Crippen LogP contribution >= 0.6 is 11.8 Å². The molecule has 3 nitrogen and oxygen atoms in total. The van der Waals surface area contributed by atoms with E-state index in [1.165, 1.54) is 11.8 Å². The average Bonchev–Trinajstić information content (AvgIpc) is 2.96. The van der Waals surface area contributed by atoms with Gasteiger partial charge in [-0.25, -0.2) is 0 Å². The van der Waals surface area contributed by atoms with Crippen LogP contribution in [-0.4, -0.2) is 10.9 Å². The van der Waals surface area contributed by atoms with Crippen molar-refractivity contribution < 1.29 is 9.59 Å². The van der Waals surface area contributed by atoms with Crippen LogP contribution in [0.2, 0.25) is 0 Å². The van der Waals surface area contributed by atoms with Crippen LogP contribution in [0.1, 0.15) is 15.9 Å². The van der Waals surface area contributed by atoms with Crippen LogP contribution in [0, 0.1) is 0 Å². The molecule has 0 aromatic heterocycles. The van der Waals surface area contributed by atoms with Gasteiger partial charge in [-0.2, -0.15) is 0 Å². The van der Waals surface area contributed by atoms with Gasteiger partial charge in [0.25, 0.3) is 0 Å². The standard InChI is InChI=1S/C16H9NO2S/c18-15-9-5-1-3-7-11(9)17-14(15)13-10-6-2-4-8-12(10)20-16(13)19/h1-8,17H/b14-13-. The summed E-state index contributed by atoms with van der Waals surface area (Å²) >= 11 is 1.18. The predicted octanol–water partition coefficient (Wildman–Crippen LogP) is 3.34. The Morgan fingerprint density at radius 1 is 0.850 bits per heavy atom. The maximum atomic E-state index is 12.5. The smallest absolute Gasteiger partial charge is 0.227 e. The molecule has 0 radical (unpaired) electrons. The number of rotatable bonds is 0. The Morgan fingerprint density at radius 2 is 1.55 bits per heavy atom. The zero-order chi connectivity index (χ0) is 13.7. The number of thioether (sulfide) groups is 1. The fourth-order valence-corrected chi connectivity index (χ4v) is 3.49. The monoisotopic (exact) mass is 279 g/mol. The maximum Gasteiger partial charge on any atom is 0.227 e. The summed E-state index contributed by atoms with van der Waals surface area (Å²) in [7, 11) is 0. The third-order valence-electron chi connectivity index (χ3n) is 3.47. The van der Waals surface area contributed by atoms with E-state index in [0.29, 0.717) is 16.8 Å². The molecule has 2 aromatic rings. The van der Waals surface area contributed by atoms with Crippen LogP contribution in [0.3, 0.4) is 0 Å². The van der Waals surface area contributed by atoms with Gasteiger partial charge in [0, 0.05) is 21.7 Å². The highest BCUT2D eigenvalue weighted by Gasteiger charge is 2.35. The molecule has 0 saturated heterocycles. The Kier molecular flexibility index (Phi) is 2.35. The lowest BCUT2D eigenvalue weighted by Crippen LogP contribution is -2.07. The minimum Gasteiger partial charge on any atom is -0.351 e. The Morgan fingerprint density at radius 3 is 2.35 bits per heavy atom. The van der Waals surface area contributed by atoms with E-state index < -0.39 is 0 Å². The molecule has 1 N–H and O–H groups in total. The van der Waals surface area contributed by atoms with Gasteiger partial charge in [-0.05, 0) is 30.0 Å². The van der Waals surface area contributed by atoms with E-state index >= 15 is 0 Å².